The SMILES string of the molecule is [2H]C([2H])([2H])NCCN1CCN(c2ccc(OCCC)cc2)CC1. The van der Waals surface area contributed by atoms with Crippen LogP contribution in [0.25, 0.3) is 0 Å². The standard InChI is InChI=1S/C16H27N3O/c1-3-14-20-16-6-4-15(5-7-16)19-12-10-18(11-13-19)9-8-17-2/h4-7,17H,3,8-14H2,1-2H3/i2D3. The quantitative estimate of drug-likeness (QED) is 0.824. The summed E-state index contributed by atoms with van der Waals surface area (Å²) >= 11 is 0. The van der Waals surface area contributed by atoms with E-state index in [1.54, 1.807) is 0 Å². The smallest absolute Gasteiger partial charge is 0.119 e. The van der Waals surface area contributed by atoms with Gasteiger partial charge in [-0.1, -0.05) is 6.92 Å². The average Bonchev–Trinajstić information content (AvgIpc) is 2.53. The molecule has 0 unspecified atom stereocenters. The highest BCUT2D eigenvalue weighted by atomic mass is 16.5. The maximum atomic E-state index is 7.14. The van der Waals surface area contributed by atoms with Gasteiger partial charge in [-0.3, -0.25) is 4.90 Å². The summed E-state index contributed by atoms with van der Waals surface area (Å²) in [5.41, 5.74) is 1.22. The van der Waals surface area contributed by atoms with Crippen molar-refractivity contribution in [2.45, 2.75) is 13.3 Å². The summed E-state index contributed by atoms with van der Waals surface area (Å²) in [6.07, 6.45) is 1.01. The van der Waals surface area contributed by atoms with Crippen molar-refractivity contribution in [3.05, 3.63) is 24.3 Å². The topological polar surface area (TPSA) is 27.7 Å². The molecule has 0 atom stereocenters. The number of rotatable bonds is 7. The highest BCUT2D eigenvalue weighted by molar-refractivity contribution is 5.49. The number of anilines is 1. The Labute approximate surface area is 126 Å². The van der Waals surface area contributed by atoms with E-state index >= 15 is 0 Å². The van der Waals surface area contributed by atoms with Gasteiger partial charge in [-0.25, -0.2) is 0 Å². The number of hydrogen-bond acceptors (Lipinski definition) is 4. The minimum absolute atomic E-state index is 0.500. The second-order valence-corrected chi connectivity index (χ2v) is 5.10. The van der Waals surface area contributed by atoms with E-state index in [0.717, 1.165) is 51.5 Å². The molecule has 1 heterocycles. The van der Waals surface area contributed by atoms with Crippen molar-refractivity contribution in [1.82, 2.24) is 10.2 Å². The van der Waals surface area contributed by atoms with Crippen molar-refractivity contribution in [3.8, 4) is 5.75 Å². The molecule has 0 saturated carbocycles. The Morgan fingerprint density at radius 2 is 1.95 bits per heavy atom. The molecule has 1 fully saturated rings. The normalized spacial score (nSPS) is 19.2. The number of ether oxygens (including phenoxy) is 1. The zero-order chi connectivity index (χ0) is 16.7. The van der Waals surface area contributed by atoms with E-state index in [9.17, 15) is 0 Å². The lowest BCUT2D eigenvalue weighted by atomic mass is 10.2. The Hall–Kier alpha value is -1.26. The number of nitrogens with one attached hydrogen (secondary N) is 1. The molecule has 0 radical (unpaired) electrons. The van der Waals surface area contributed by atoms with Crippen LogP contribution in [0.15, 0.2) is 24.3 Å². The van der Waals surface area contributed by atoms with Crippen molar-refractivity contribution < 1.29 is 8.85 Å². The fourth-order valence-corrected chi connectivity index (χ4v) is 2.42. The highest BCUT2D eigenvalue weighted by Crippen LogP contribution is 2.20. The Bertz CT molecular complexity index is 457. The first-order chi connectivity index (χ1) is 11.0. The minimum Gasteiger partial charge on any atom is -0.494 e. The van der Waals surface area contributed by atoms with Crippen LogP contribution in [0.4, 0.5) is 5.69 Å². The molecule has 0 bridgehead atoms. The number of hydrogen-bond donors (Lipinski definition) is 1. The van der Waals surface area contributed by atoms with E-state index in [2.05, 4.69) is 34.2 Å². The van der Waals surface area contributed by atoms with Gasteiger partial charge in [0.15, 0.2) is 0 Å². The molecule has 1 aliphatic heterocycles. The lowest BCUT2D eigenvalue weighted by Crippen LogP contribution is -2.48. The molecule has 0 amide bonds. The Kier molecular flexibility index (Phi) is 4.63. The summed E-state index contributed by atoms with van der Waals surface area (Å²) in [5, 5.41) is 2.57. The summed E-state index contributed by atoms with van der Waals surface area (Å²) in [6, 6.07) is 8.27. The van der Waals surface area contributed by atoms with Gasteiger partial charge < -0.3 is 15.0 Å². The number of piperazine rings is 1. The number of nitrogens with zero attached hydrogens (tertiary/aromatic N) is 2. The second kappa shape index (κ2) is 8.12. The molecule has 2 rings (SSSR count). The molecule has 112 valence electrons. The molecule has 20 heavy (non-hydrogen) atoms. The average molecular weight is 280 g/mol. The molecular formula is C16H27N3O. The number of likely N-dealkylation sites (N-methyl/N-ethyl adjacent to an activating group) is 1. The van der Waals surface area contributed by atoms with E-state index in [0.29, 0.717) is 6.54 Å². The Balaban J connectivity index is 1.73. The first-order valence-electron chi connectivity index (χ1n) is 8.93. The van der Waals surface area contributed by atoms with Crippen LogP contribution in [0.1, 0.15) is 17.5 Å². The van der Waals surface area contributed by atoms with Gasteiger partial charge in [-0.2, -0.15) is 0 Å². The van der Waals surface area contributed by atoms with Crippen LogP contribution in [0.2, 0.25) is 0 Å². The van der Waals surface area contributed by atoms with E-state index in [1.165, 1.54) is 5.69 Å². The van der Waals surface area contributed by atoms with Gasteiger partial charge in [-0.15, -0.1) is 0 Å². The summed E-state index contributed by atoms with van der Waals surface area (Å²) in [7, 11) is 0. The summed E-state index contributed by atoms with van der Waals surface area (Å²) in [6.45, 7) is 5.92. The fourth-order valence-electron chi connectivity index (χ4n) is 2.42. The van der Waals surface area contributed by atoms with Gasteiger partial charge in [0, 0.05) is 49.1 Å². The van der Waals surface area contributed by atoms with Gasteiger partial charge in [-0.05, 0) is 37.7 Å². The van der Waals surface area contributed by atoms with Crippen LogP contribution < -0.4 is 15.0 Å². The zero-order valence-corrected chi connectivity index (χ0v) is 12.3. The molecule has 4 nitrogen and oxygen atoms in total. The van der Waals surface area contributed by atoms with E-state index in [4.69, 9.17) is 8.85 Å². The molecular weight excluding hydrogens is 250 g/mol. The second-order valence-electron chi connectivity index (χ2n) is 5.10. The third kappa shape index (κ3) is 4.39. The summed E-state index contributed by atoms with van der Waals surface area (Å²) < 4.78 is 27.0. The third-order valence-corrected chi connectivity index (χ3v) is 3.60. The van der Waals surface area contributed by atoms with Crippen molar-refractivity contribution in [2.24, 2.45) is 0 Å². The molecule has 1 aromatic rings. The van der Waals surface area contributed by atoms with Crippen molar-refractivity contribution >= 4 is 5.69 Å². The predicted octanol–water partition coefficient (Wildman–Crippen LogP) is 1.82. The lowest BCUT2D eigenvalue weighted by Gasteiger charge is -2.36. The van der Waals surface area contributed by atoms with Crippen LogP contribution in [0, 0.1) is 0 Å². The van der Waals surface area contributed by atoms with Crippen LogP contribution in [0.3, 0.4) is 0 Å². The van der Waals surface area contributed by atoms with Gasteiger partial charge in [0.2, 0.25) is 0 Å². The van der Waals surface area contributed by atoms with E-state index in [1.807, 2.05) is 12.1 Å². The first kappa shape index (κ1) is 11.4. The lowest BCUT2D eigenvalue weighted by molar-refractivity contribution is 0.259. The van der Waals surface area contributed by atoms with Gasteiger partial charge in [0.1, 0.15) is 5.75 Å². The van der Waals surface area contributed by atoms with Crippen molar-refractivity contribution in [1.29, 1.82) is 0 Å². The third-order valence-electron chi connectivity index (χ3n) is 3.60. The van der Waals surface area contributed by atoms with Gasteiger partial charge >= 0.3 is 0 Å². The maximum absolute atomic E-state index is 7.14. The van der Waals surface area contributed by atoms with Gasteiger partial charge in [0.05, 0.1) is 6.61 Å². The van der Waals surface area contributed by atoms with E-state index in [-0.39, 0.29) is 0 Å². The minimum atomic E-state index is -2.04. The predicted molar refractivity (Wildman–Crippen MR) is 84.8 cm³/mol. The van der Waals surface area contributed by atoms with Crippen molar-refractivity contribution in [2.75, 3.05) is 57.8 Å². The monoisotopic (exact) mass is 280 g/mol. The largest absolute Gasteiger partial charge is 0.494 e. The zero-order valence-electron chi connectivity index (χ0n) is 15.3. The fraction of sp³-hybridized carbons (Fsp3) is 0.625. The molecule has 0 aliphatic carbocycles. The molecule has 1 N–H and O–H groups in total. The summed E-state index contributed by atoms with van der Waals surface area (Å²) in [5.74, 6) is 0.921. The highest BCUT2D eigenvalue weighted by Gasteiger charge is 2.16. The van der Waals surface area contributed by atoms with Crippen LogP contribution in [-0.4, -0.2) is 57.8 Å². The molecule has 1 aromatic carbocycles. The summed E-state index contributed by atoms with van der Waals surface area (Å²) in [4.78, 5) is 4.66. The maximum Gasteiger partial charge on any atom is 0.119 e. The van der Waals surface area contributed by atoms with Gasteiger partial charge in [0.25, 0.3) is 0 Å². The first-order valence-corrected chi connectivity index (χ1v) is 7.43. The van der Waals surface area contributed by atoms with Crippen LogP contribution >= 0.6 is 0 Å². The Morgan fingerprint density at radius 1 is 1.20 bits per heavy atom. The van der Waals surface area contributed by atoms with Crippen molar-refractivity contribution in [3.63, 3.8) is 0 Å². The molecule has 1 saturated heterocycles. The Morgan fingerprint density at radius 3 is 2.60 bits per heavy atom. The molecule has 4 heteroatoms. The molecule has 0 aromatic heterocycles. The van der Waals surface area contributed by atoms with Crippen LogP contribution in [-0.2, 0) is 0 Å². The van der Waals surface area contributed by atoms with E-state index < -0.39 is 6.98 Å². The molecule has 0 spiro atoms. The number of benzene rings is 1. The van der Waals surface area contributed by atoms with Crippen LogP contribution in [0.5, 0.6) is 5.75 Å². The molecule has 1 aliphatic rings.